The number of halogens is 1. The van der Waals surface area contributed by atoms with E-state index in [4.69, 9.17) is 11.6 Å². The molecule has 21 heavy (non-hydrogen) atoms. The molecule has 2 N–H and O–H groups in total. The predicted octanol–water partition coefficient (Wildman–Crippen LogP) is 4.38. The van der Waals surface area contributed by atoms with E-state index in [0.29, 0.717) is 11.0 Å². The monoisotopic (exact) mass is 298 g/mol. The molecule has 4 nitrogen and oxygen atoms in total. The highest BCUT2D eigenvalue weighted by atomic mass is 35.5. The van der Waals surface area contributed by atoms with Crippen molar-refractivity contribution in [1.82, 2.24) is 9.97 Å². The van der Waals surface area contributed by atoms with Crippen LogP contribution < -0.4 is 10.6 Å². The van der Waals surface area contributed by atoms with Crippen LogP contribution in [-0.4, -0.2) is 17.0 Å². The van der Waals surface area contributed by atoms with Crippen LogP contribution in [0.3, 0.4) is 0 Å². The summed E-state index contributed by atoms with van der Waals surface area (Å²) in [5, 5.41) is 8.07. The van der Waals surface area contributed by atoms with Crippen LogP contribution in [0.15, 0.2) is 42.5 Å². The molecule has 0 bridgehead atoms. The molecule has 3 rings (SSSR count). The van der Waals surface area contributed by atoms with Gasteiger partial charge in [0.2, 0.25) is 5.95 Å². The summed E-state index contributed by atoms with van der Waals surface area (Å²) >= 11 is 5.98. The largest absolute Gasteiger partial charge is 0.372 e. The maximum Gasteiger partial charge on any atom is 0.229 e. The summed E-state index contributed by atoms with van der Waals surface area (Å²) in [7, 11) is 1.85. The van der Waals surface area contributed by atoms with Crippen LogP contribution >= 0.6 is 11.6 Å². The van der Waals surface area contributed by atoms with E-state index in [1.54, 1.807) is 0 Å². The number of aryl methyl sites for hydroxylation is 1. The fraction of sp³-hybridized carbons (Fsp3) is 0.125. The molecule has 1 heterocycles. The van der Waals surface area contributed by atoms with Crippen molar-refractivity contribution in [2.75, 3.05) is 17.7 Å². The van der Waals surface area contributed by atoms with Crippen LogP contribution in [-0.2, 0) is 0 Å². The summed E-state index contributed by atoms with van der Waals surface area (Å²) in [6.07, 6.45) is 0. The fourth-order valence-electron chi connectivity index (χ4n) is 2.21. The predicted molar refractivity (Wildman–Crippen MR) is 88.6 cm³/mol. The van der Waals surface area contributed by atoms with Crippen LogP contribution in [0.4, 0.5) is 17.5 Å². The van der Waals surface area contributed by atoms with Crippen LogP contribution in [0.5, 0.6) is 0 Å². The highest BCUT2D eigenvalue weighted by molar-refractivity contribution is 6.30. The lowest BCUT2D eigenvalue weighted by Crippen LogP contribution is -2.02. The third-order valence-electron chi connectivity index (χ3n) is 3.27. The summed E-state index contributed by atoms with van der Waals surface area (Å²) in [5.74, 6) is 1.36. The van der Waals surface area contributed by atoms with Gasteiger partial charge in [0.25, 0.3) is 0 Å². The SMILES string of the molecule is CNc1nc(Nc2ccc(Cl)cc2C)nc2ccccc12. The van der Waals surface area contributed by atoms with Crippen LogP contribution in [0.2, 0.25) is 5.02 Å². The number of nitrogens with zero attached hydrogens (tertiary/aromatic N) is 2. The van der Waals surface area contributed by atoms with Gasteiger partial charge in [0.15, 0.2) is 0 Å². The van der Waals surface area contributed by atoms with Crippen molar-refractivity contribution >= 4 is 40.0 Å². The Balaban J connectivity index is 2.04. The molecule has 3 aromatic rings. The van der Waals surface area contributed by atoms with Crippen LogP contribution in [0, 0.1) is 6.92 Å². The molecule has 0 fully saturated rings. The maximum absolute atomic E-state index is 5.98. The van der Waals surface area contributed by atoms with E-state index >= 15 is 0 Å². The van der Waals surface area contributed by atoms with Gasteiger partial charge in [-0.2, -0.15) is 4.98 Å². The second kappa shape index (κ2) is 5.58. The third-order valence-corrected chi connectivity index (χ3v) is 3.51. The minimum absolute atomic E-state index is 0.559. The maximum atomic E-state index is 5.98. The van der Waals surface area contributed by atoms with E-state index in [2.05, 4.69) is 20.6 Å². The molecule has 0 spiro atoms. The average molecular weight is 299 g/mol. The second-order valence-electron chi connectivity index (χ2n) is 4.75. The lowest BCUT2D eigenvalue weighted by atomic mass is 10.2. The van der Waals surface area contributed by atoms with Crippen molar-refractivity contribution < 1.29 is 0 Å². The lowest BCUT2D eigenvalue weighted by molar-refractivity contribution is 1.20. The van der Waals surface area contributed by atoms with Gasteiger partial charge >= 0.3 is 0 Å². The van der Waals surface area contributed by atoms with E-state index in [1.165, 1.54) is 0 Å². The first-order valence-corrected chi connectivity index (χ1v) is 7.03. The molecule has 2 aromatic carbocycles. The van der Waals surface area contributed by atoms with Crippen molar-refractivity contribution in [2.24, 2.45) is 0 Å². The van der Waals surface area contributed by atoms with Crippen molar-refractivity contribution in [3.05, 3.63) is 53.1 Å². The molecule has 0 saturated heterocycles. The summed E-state index contributed by atoms with van der Waals surface area (Å²) < 4.78 is 0. The van der Waals surface area contributed by atoms with Gasteiger partial charge in [-0.3, -0.25) is 0 Å². The number of hydrogen-bond donors (Lipinski definition) is 2. The van der Waals surface area contributed by atoms with Gasteiger partial charge in [-0.1, -0.05) is 23.7 Å². The third kappa shape index (κ3) is 2.76. The summed E-state index contributed by atoms with van der Waals surface area (Å²) in [5.41, 5.74) is 2.88. The lowest BCUT2D eigenvalue weighted by Gasteiger charge is -2.11. The van der Waals surface area contributed by atoms with Gasteiger partial charge in [0.05, 0.1) is 5.52 Å². The molecule has 1 aromatic heterocycles. The average Bonchev–Trinajstić information content (AvgIpc) is 2.49. The van der Waals surface area contributed by atoms with E-state index < -0.39 is 0 Å². The molecular formula is C16H15ClN4. The Bertz CT molecular complexity index is 801. The standard InChI is InChI=1S/C16H15ClN4/c1-10-9-11(17)7-8-13(10)19-16-20-14-6-4-3-5-12(14)15(18-2)21-16/h3-9H,1-2H3,(H2,18,19,20,21). The fourth-order valence-corrected chi connectivity index (χ4v) is 2.44. The molecule has 0 atom stereocenters. The van der Waals surface area contributed by atoms with Gasteiger partial charge in [-0.05, 0) is 42.8 Å². The quantitative estimate of drug-likeness (QED) is 0.753. The van der Waals surface area contributed by atoms with E-state index in [9.17, 15) is 0 Å². The molecule has 0 radical (unpaired) electrons. The van der Waals surface area contributed by atoms with Crippen molar-refractivity contribution in [3.8, 4) is 0 Å². The molecule has 0 amide bonds. The highest BCUT2D eigenvalue weighted by Crippen LogP contribution is 2.25. The minimum Gasteiger partial charge on any atom is -0.372 e. The van der Waals surface area contributed by atoms with Gasteiger partial charge in [0.1, 0.15) is 5.82 Å². The zero-order valence-corrected chi connectivity index (χ0v) is 12.6. The van der Waals surface area contributed by atoms with Gasteiger partial charge in [0, 0.05) is 23.1 Å². The number of fused-ring (bicyclic) bond motifs is 1. The summed E-state index contributed by atoms with van der Waals surface area (Å²) in [6.45, 7) is 1.99. The Labute approximate surface area is 128 Å². The summed E-state index contributed by atoms with van der Waals surface area (Å²) in [4.78, 5) is 9.06. The second-order valence-corrected chi connectivity index (χ2v) is 5.18. The molecule has 0 aliphatic carbocycles. The number of hydrogen-bond acceptors (Lipinski definition) is 4. The Hall–Kier alpha value is -2.33. The van der Waals surface area contributed by atoms with E-state index in [0.717, 1.165) is 28.0 Å². The van der Waals surface area contributed by atoms with Crippen LogP contribution in [0.1, 0.15) is 5.56 Å². The Morgan fingerprint density at radius 2 is 1.86 bits per heavy atom. The van der Waals surface area contributed by atoms with Crippen molar-refractivity contribution in [2.45, 2.75) is 6.92 Å². The number of para-hydroxylation sites is 1. The first-order chi connectivity index (χ1) is 10.2. The molecule has 0 saturated carbocycles. The first-order valence-electron chi connectivity index (χ1n) is 6.65. The molecule has 0 aliphatic heterocycles. The van der Waals surface area contributed by atoms with Crippen molar-refractivity contribution in [1.29, 1.82) is 0 Å². The number of rotatable bonds is 3. The number of nitrogens with one attached hydrogen (secondary N) is 2. The normalized spacial score (nSPS) is 10.6. The number of anilines is 3. The van der Waals surface area contributed by atoms with Crippen molar-refractivity contribution in [3.63, 3.8) is 0 Å². The first kappa shape index (κ1) is 13.6. The summed E-state index contributed by atoms with van der Waals surface area (Å²) in [6, 6.07) is 13.6. The highest BCUT2D eigenvalue weighted by Gasteiger charge is 2.07. The Morgan fingerprint density at radius 3 is 2.62 bits per heavy atom. The van der Waals surface area contributed by atoms with E-state index in [1.807, 2.05) is 56.4 Å². The number of aromatic nitrogens is 2. The molecule has 0 unspecified atom stereocenters. The van der Waals surface area contributed by atoms with Gasteiger partial charge in [-0.25, -0.2) is 4.98 Å². The Morgan fingerprint density at radius 1 is 1.05 bits per heavy atom. The van der Waals surface area contributed by atoms with Gasteiger partial charge < -0.3 is 10.6 Å². The minimum atomic E-state index is 0.559. The van der Waals surface area contributed by atoms with Gasteiger partial charge in [-0.15, -0.1) is 0 Å². The van der Waals surface area contributed by atoms with Crippen LogP contribution in [0.25, 0.3) is 10.9 Å². The molecular weight excluding hydrogens is 284 g/mol. The zero-order chi connectivity index (χ0) is 14.8. The molecule has 0 aliphatic rings. The molecule has 5 heteroatoms. The Kier molecular flexibility index (Phi) is 3.62. The zero-order valence-electron chi connectivity index (χ0n) is 11.8. The van der Waals surface area contributed by atoms with E-state index in [-0.39, 0.29) is 0 Å². The molecule has 106 valence electrons. The number of benzene rings is 2. The smallest absolute Gasteiger partial charge is 0.229 e. The topological polar surface area (TPSA) is 49.8 Å².